The third-order valence-electron chi connectivity index (χ3n) is 6.05. The molecule has 1 saturated heterocycles. The molecule has 30 heavy (non-hydrogen) atoms. The summed E-state index contributed by atoms with van der Waals surface area (Å²) in [7, 11) is 0. The van der Waals surface area contributed by atoms with Crippen LogP contribution in [-0.2, 0) is 27.4 Å². The van der Waals surface area contributed by atoms with Gasteiger partial charge >= 0.3 is 0 Å². The van der Waals surface area contributed by atoms with E-state index in [1.165, 1.54) is 12.8 Å². The van der Waals surface area contributed by atoms with Gasteiger partial charge in [0.25, 0.3) is 0 Å². The Hall–Kier alpha value is -1.72. The molecule has 1 aliphatic heterocycles. The monoisotopic (exact) mass is 412 g/mol. The van der Waals surface area contributed by atoms with Crippen molar-refractivity contribution < 1.29 is 19.3 Å². The van der Waals surface area contributed by atoms with E-state index >= 15 is 0 Å². The molecule has 0 aromatic heterocycles. The molecule has 0 bridgehead atoms. The normalized spacial score (nSPS) is 26.6. The van der Waals surface area contributed by atoms with E-state index in [2.05, 4.69) is 6.92 Å². The van der Waals surface area contributed by atoms with Gasteiger partial charge in [0.15, 0.2) is 0 Å². The minimum atomic E-state index is -1.07. The summed E-state index contributed by atoms with van der Waals surface area (Å²) in [6, 6.07) is 20.2. The van der Waals surface area contributed by atoms with Crippen LogP contribution in [0.3, 0.4) is 0 Å². The van der Waals surface area contributed by atoms with Gasteiger partial charge < -0.3 is 19.3 Å². The van der Waals surface area contributed by atoms with Crippen molar-refractivity contribution in [2.24, 2.45) is 0 Å². The maximum Gasteiger partial charge on any atom is 0.119 e. The van der Waals surface area contributed by atoms with Crippen LogP contribution in [-0.4, -0.2) is 35.6 Å². The standard InChI is InChI=1S/C26H36O4/c1-3-4-5-12-17-26(27)21(2)28-20-24(29-18-22-13-8-6-9-14-22)25(26)30-19-23-15-10-7-11-16-23/h6-11,13-16,21,24-25,27H,3-5,12,17-20H2,1-2H3/t21?,24-,25?,26+/m0/s1. The van der Waals surface area contributed by atoms with E-state index in [0.29, 0.717) is 26.2 Å². The van der Waals surface area contributed by atoms with Gasteiger partial charge in [-0.3, -0.25) is 0 Å². The number of rotatable bonds is 11. The number of hydrogen-bond donors (Lipinski definition) is 1. The number of ether oxygens (including phenoxy) is 3. The fraction of sp³-hybridized carbons (Fsp3) is 0.538. The van der Waals surface area contributed by atoms with Crippen molar-refractivity contribution in [1.82, 2.24) is 0 Å². The molecular formula is C26H36O4. The van der Waals surface area contributed by atoms with Gasteiger partial charge in [0.05, 0.1) is 25.9 Å². The Bertz CT molecular complexity index is 720. The molecule has 2 unspecified atom stereocenters. The lowest BCUT2D eigenvalue weighted by atomic mass is 9.81. The van der Waals surface area contributed by atoms with Gasteiger partial charge in [-0.2, -0.15) is 0 Å². The molecule has 1 aliphatic rings. The van der Waals surface area contributed by atoms with Gasteiger partial charge in [0.2, 0.25) is 0 Å². The van der Waals surface area contributed by atoms with Crippen LogP contribution in [0.2, 0.25) is 0 Å². The summed E-state index contributed by atoms with van der Waals surface area (Å²) in [6.07, 6.45) is 4.00. The Labute approximate surface area is 181 Å². The largest absolute Gasteiger partial charge is 0.384 e. The van der Waals surface area contributed by atoms with Crippen molar-refractivity contribution in [2.45, 2.75) is 83.1 Å². The lowest BCUT2D eigenvalue weighted by Crippen LogP contribution is -2.63. The van der Waals surface area contributed by atoms with E-state index in [1.54, 1.807) is 0 Å². The van der Waals surface area contributed by atoms with Crippen LogP contribution in [0.1, 0.15) is 57.1 Å². The first-order chi connectivity index (χ1) is 14.6. The number of unbranched alkanes of at least 4 members (excludes halogenated alkanes) is 3. The smallest absolute Gasteiger partial charge is 0.119 e. The maximum absolute atomic E-state index is 11.7. The molecule has 4 atom stereocenters. The molecule has 164 valence electrons. The van der Waals surface area contributed by atoms with Gasteiger partial charge in [-0.15, -0.1) is 0 Å². The third kappa shape index (κ3) is 6.14. The maximum atomic E-state index is 11.7. The first-order valence-corrected chi connectivity index (χ1v) is 11.3. The number of aliphatic hydroxyl groups is 1. The van der Waals surface area contributed by atoms with E-state index in [0.717, 1.165) is 24.0 Å². The summed E-state index contributed by atoms with van der Waals surface area (Å²) < 4.78 is 18.6. The molecule has 1 heterocycles. The predicted octanol–water partition coefficient (Wildman–Crippen LogP) is 5.28. The van der Waals surface area contributed by atoms with Crippen LogP contribution < -0.4 is 0 Å². The highest BCUT2D eigenvalue weighted by Crippen LogP contribution is 2.35. The second kappa shape index (κ2) is 11.6. The lowest BCUT2D eigenvalue weighted by molar-refractivity contribution is -0.267. The highest BCUT2D eigenvalue weighted by Gasteiger charge is 2.51. The zero-order chi connectivity index (χ0) is 21.2. The topological polar surface area (TPSA) is 47.9 Å². The van der Waals surface area contributed by atoms with Gasteiger partial charge in [0.1, 0.15) is 17.8 Å². The highest BCUT2D eigenvalue weighted by atomic mass is 16.6. The Balaban J connectivity index is 1.72. The van der Waals surface area contributed by atoms with Crippen molar-refractivity contribution in [3.63, 3.8) is 0 Å². The molecule has 3 rings (SSSR count). The summed E-state index contributed by atoms with van der Waals surface area (Å²) in [4.78, 5) is 0. The zero-order valence-corrected chi connectivity index (χ0v) is 18.3. The summed E-state index contributed by atoms with van der Waals surface area (Å²) in [5, 5.41) is 11.7. The van der Waals surface area contributed by atoms with E-state index in [1.807, 2.05) is 67.6 Å². The predicted molar refractivity (Wildman–Crippen MR) is 119 cm³/mol. The average Bonchev–Trinajstić information content (AvgIpc) is 2.78. The molecule has 4 heteroatoms. The second-order valence-corrected chi connectivity index (χ2v) is 8.33. The van der Waals surface area contributed by atoms with Crippen molar-refractivity contribution in [2.75, 3.05) is 6.61 Å². The molecule has 0 radical (unpaired) electrons. The number of hydrogen-bond acceptors (Lipinski definition) is 4. The quantitative estimate of drug-likeness (QED) is 0.510. The molecule has 1 N–H and O–H groups in total. The van der Waals surface area contributed by atoms with Gasteiger partial charge in [-0.1, -0.05) is 93.3 Å². The fourth-order valence-electron chi connectivity index (χ4n) is 4.13. The SMILES string of the molecule is CCCCCC[C@@]1(O)C(C)OC[C@H](OCc2ccccc2)C1OCc1ccccc1. The van der Waals surface area contributed by atoms with Crippen LogP contribution in [0, 0.1) is 0 Å². The van der Waals surface area contributed by atoms with E-state index in [9.17, 15) is 5.11 Å². The van der Waals surface area contributed by atoms with Crippen molar-refractivity contribution >= 4 is 0 Å². The van der Waals surface area contributed by atoms with Crippen LogP contribution in [0.15, 0.2) is 60.7 Å². The van der Waals surface area contributed by atoms with Crippen LogP contribution in [0.25, 0.3) is 0 Å². The van der Waals surface area contributed by atoms with Crippen LogP contribution in [0.5, 0.6) is 0 Å². The molecule has 0 amide bonds. The Morgan fingerprint density at radius 1 is 0.900 bits per heavy atom. The average molecular weight is 413 g/mol. The Morgan fingerprint density at radius 2 is 1.50 bits per heavy atom. The van der Waals surface area contributed by atoms with Crippen LogP contribution >= 0.6 is 0 Å². The Morgan fingerprint density at radius 3 is 2.10 bits per heavy atom. The number of benzene rings is 2. The molecule has 4 nitrogen and oxygen atoms in total. The van der Waals surface area contributed by atoms with E-state index in [4.69, 9.17) is 14.2 Å². The van der Waals surface area contributed by atoms with Crippen molar-refractivity contribution in [1.29, 1.82) is 0 Å². The lowest BCUT2D eigenvalue weighted by Gasteiger charge is -2.47. The van der Waals surface area contributed by atoms with Crippen molar-refractivity contribution in [3.8, 4) is 0 Å². The first kappa shape index (κ1) is 23.0. The fourth-order valence-corrected chi connectivity index (χ4v) is 4.13. The highest BCUT2D eigenvalue weighted by molar-refractivity contribution is 5.15. The zero-order valence-electron chi connectivity index (χ0n) is 18.3. The van der Waals surface area contributed by atoms with Crippen molar-refractivity contribution in [3.05, 3.63) is 71.8 Å². The van der Waals surface area contributed by atoms with Crippen LogP contribution in [0.4, 0.5) is 0 Å². The summed E-state index contributed by atoms with van der Waals surface area (Å²) in [5.41, 5.74) is 1.12. The second-order valence-electron chi connectivity index (χ2n) is 8.33. The van der Waals surface area contributed by atoms with Gasteiger partial charge in [-0.05, 0) is 24.5 Å². The molecule has 0 spiro atoms. The molecular weight excluding hydrogens is 376 g/mol. The molecule has 0 saturated carbocycles. The van der Waals surface area contributed by atoms with Gasteiger partial charge in [0, 0.05) is 0 Å². The minimum Gasteiger partial charge on any atom is -0.384 e. The minimum absolute atomic E-state index is 0.295. The molecule has 0 aliphatic carbocycles. The van der Waals surface area contributed by atoms with Gasteiger partial charge in [-0.25, -0.2) is 0 Å². The third-order valence-corrected chi connectivity index (χ3v) is 6.05. The first-order valence-electron chi connectivity index (χ1n) is 11.3. The Kier molecular flexibility index (Phi) is 8.88. The summed E-state index contributed by atoms with van der Waals surface area (Å²) in [6.45, 7) is 5.48. The summed E-state index contributed by atoms with van der Waals surface area (Å²) in [5.74, 6) is 0. The molecule has 2 aromatic carbocycles. The summed E-state index contributed by atoms with van der Waals surface area (Å²) >= 11 is 0. The van der Waals surface area contributed by atoms with E-state index < -0.39 is 11.7 Å². The van der Waals surface area contributed by atoms with E-state index in [-0.39, 0.29) is 12.2 Å². The molecule has 1 fully saturated rings. The molecule has 2 aromatic rings.